The molecule has 8 heteroatoms. The van der Waals surface area contributed by atoms with Gasteiger partial charge in [-0.2, -0.15) is 5.10 Å². The highest BCUT2D eigenvalue weighted by atomic mass is 32.2. The fourth-order valence-corrected chi connectivity index (χ4v) is 5.49. The van der Waals surface area contributed by atoms with Gasteiger partial charge in [-0.15, -0.1) is 23.1 Å². The molecule has 2 amide bonds. The third-order valence-corrected chi connectivity index (χ3v) is 7.92. The summed E-state index contributed by atoms with van der Waals surface area (Å²) in [6.45, 7) is 4.48. The minimum absolute atomic E-state index is 0.222. The van der Waals surface area contributed by atoms with E-state index >= 15 is 0 Å². The lowest BCUT2D eigenvalue weighted by Gasteiger charge is -2.43. The summed E-state index contributed by atoms with van der Waals surface area (Å²) in [6.07, 6.45) is 1.99. The van der Waals surface area contributed by atoms with Crippen LogP contribution in [-0.4, -0.2) is 33.4 Å². The number of aromatic nitrogens is 2. The van der Waals surface area contributed by atoms with Crippen LogP contribution < -0.4 is 10.2 Å². The number of carbonyl (C=O) groups is 2. The predicted octanol–water partition coefficient (Wildman–Crippen LogP) is 5.38. The standard InChI is InChI=1S/C27H26N4O2S2/c1-18-9-11-19(12-10-18)16-28-26(33)27(2)17-30-23(15-22(29-30)24-8-5-13-35-24)25(32)31(27)20-6-4-7-21(14-20)34-3/h4-15H,16-17H2,1-3H3,(H,28,33)/t27-/m0/s1. The van der Waals surface area contributed by atoms with Crippen LogP contribution >= 0.6 is 23.1 Å². The van der Waals surface area contributed by atoms with Crippen LogP contribution in [0, 0.1) is 6.92 Å². The van der Waals surface area contributed by atoms with Crippen molar-refractivity contribution in [2.75, 3.05) is 11.2 Å². The highest BCUT2D eigenvalue weighted by molar-refractivity contribution is 7.98. The molecule has 0 spiro atoms. The van der Waals surface area contributed by atoms with Crippen LogP contribution in [0.3, 0.4) is 0 Å². The Hall–Kier alpha value is -3.36. The van der Waals surface area contributed by atoms with Crippen molar-refractivity contribution >= 4 is 40.6 Å². The topological polar surface area (TPSA) is 67.2 Å². The molecule has 35 heavy (non-hydrogen) atoms. The SMILES string of the molecule is CSc1cccc(N2C(=O)c3cc(-c4cccs4)nn3C[C@@]2(C)C(=O)NCc2ccc(C)cc2)c1. The Labute approximate surface area is 213 Å². The molecule has 4 aromatic rings. The Bertz CT molecular complexity index is 1380. The van der Waals surface area contributed by atoms with Crippen molar-refractivity contribution in [3.8, 4) is 10.6 Å². The number of thiophene rings is 1. The number of aryl methyl sites for hydroxylation is 1. The predicted molar refractivity (Wildman–Crippen MR) is 142 cm³/mol. The Balaban J connectivity index is 1.53. The molecule has 0 unspecified atom stereocenters. The number of hydrogen-bond donors (Lipinski definition) is 1. The number of hydrogen-bond acceptors (Lipinski definition) is 5. The number of benzene rings is 2. The maximum atomic E-state index is 13.9. The lowest BCUT2D eigenvalue weighted by Crippen LogP contribution is -2.64. The molecule has 1 aliphatic rings. The lowest BCUT2D eigenvalue weighted by atomic mass is 9.93. The molecule has 0 bridgehead atoms. The maximum Gasteiger partial charge on any atom is 0.277 e. The lowest BCUT2D eigenvalue weighted by molar-refractivity contribution is -0.126. The zero-order valence-corrected chi connectivity index (χ0v) is 21.5. The Morgan fingerprint density at radius 1 is 1.14 bits per heavy atom. The van der Waals surface area contributed by atoms with Gasteiger partial charge < -0.3 is 5.32 Å². The number of nitrogens with zero attached hydrogens (tertiary/aromatic N) is 3. The van der Waals surface area contributed by atoms with Crippen LogP contribution in [0.15, 0.2) is 77.0 Å². The van der Waals surface area contributed by atoms with Gasteiger partial charge in [-0.1, -0.05) is 42.0 Å². The molecule has 6 nitrogen and oxygen atoms in total. The number of nitrogens with one attached hydrogen (secondary N) is 1. The van der Waals surface area contributed by atoms with Crippen LogP contribution in [0.5, 0.6) is 0 Å². The Kier molecular flexibility index (Phi) is 6.25. The van der Waals surface area contributed by atoms with Gasteiger partial charge in [0, 0.05) is 17.1 Å². The smallest absolute Gasteiger partial charge is 0.277 e. The number of amides is 2. The number of fused-ring (bicyclic) bond motifs is 1. The minimum Gasteiger partial charge on any atom is -0.350 e. The number of thioether (sulfide) groups is 1. The molecular weight excluding hydrogens is 476 g/mol. The molecule has 2 aromatic carbocycles. The molecule has 178 valence electrons. The largest absolute Gasteiger partial charge is 0.350 e. The first kappa shape index (κ1) is 23.4. The van der Waals surface area contributed by atoms with Gasteiger partial charge in [0.1, 0.15) is 16.9 Å². The van der Waals surface area contributed by atoms with Gasteiger partial charge >= 0.3 is 0 Å². The highest BCUT2D eigenvalue weighted by Crippen LogP contribution is 2.36. The minimum atomic E-state index is -1.16. The summed E-state index contributed by atoms with van der Waals surface area (Å²) in [5, 5.41) is 9.76. The van der Waals surface area contributed by atoms with E-state index in [1.54, 1.807) is 32.7 Å². The molecule has 0 radical (unpaired) electrons. The van der Waals surface area contributed by atoms with E-state index in [1.165, 1.54) is 0 Å². The molecule has 1 N–H and O–H groups in total. The van der Waals surface area contributed by atoms with E-state index in [2.05, 4.69) is 5.32 Å². The zero-order chi connectivity index (χ0) is 24.6. The van der Waals surface area contributed by atoms with Gasteiger partial charge in [-0.25, -0.2) is 0 Å². The molecular formula is C27H26N4O2S2. The molecule has 0 aliphatic carbocycles. The van der Waals surface area contributed by atoms with Gasteiger partial charge in [0.15, 0.2) is 0 Å². The van der Waals surface area contributed by atoms with E-state index in [1.807, 2.05) is 92.2 Å². The second-order valence-corrected chi connectivity index (χ2v) is 10.7. The van der Waals surface area contributed by atoms with Gasteiger partial charge in [-0.05, 0) is 61.4 Å². The van der Waals surface area contributed by atoms with Crippen molar-refractivity contribution in [2.45, 2.75) is 37.4 Å². The zero-order valence-electron chi connectivity index (χ0n) is 19.8. The molecule has 1 atom stereocenters. The third-order valence-electron chi connectivity index (χ3n) is 6.30. The fourth-order valence-electron chi connectivity index (χ4n) is 4.36. The normalized spacial score (nSPS) is 17.3. The van der Waals surface area contributed by atoms with Gasteiger partial charge in [0.05, 0.1) is 11.4 Å². The first-order chi connectivity index (χ1) is 16.9. The van der Waals surface area contributed by atoms with E-state index in [-0.39, 0.29) is 18.4 Å². The summed E-state index contributed by atoms with van der Waals surface area (Å²) in [5.74, 6) is -0.461. The van der Waals surface area contributed by atoms with Crippen LogP contribution in [0.25, 0.3) is 10.6 Å². The summed E-state index contributed by atoms with van der Waals surface area (Å²) < 4.78 is 1.68. The Morgan fingerprint density at radius 3 is 2.66 bits per heavy atom. The average Bonchev–Trinajstić information content (AvgIpc) is 3.54. The first-order valence-electron chi connectivity index (χ1n) is 11.3. The van der Waals surface area contributed by atoms with E-state index in [9.17, 15) is 9.59 Å². The van der Waals surface area contributed by atoms with Crippen LogP contribution in [0.4, 0.5) is 5.69 Å². The number of rotatable bonds is 6. The van der Waals surface area contributed by atoms with Crippen molar-refractivity contribution in [2.24, 2.45) is 0 Å². The quantitative estimate of drug-likeness (QED) is 0.360. The summed E-state index contributed by atoms with van der Waals surface area (Å²) in [6, 6.07) is 21.6. The highest BCUT2D eigenvalue weighted by Gasteiger charge is 2.49. The van der Waals surface area contributed by atoms with Crippen LogP contribution in [0.1, 0.15) is 28.5 Å². The third kappa shape index (κ3) is 4.39. The number of carbonyl (C=O) groups excluding carboxylic acids is 2. The Morgan fingerprint density at radius 2 is 1.94 bits per heavy atom. The van der Waals surface area contributed by atoms with Crippen molar-refractivity contribution < 1.29 is 9.59 Å². The molecule has 1 aliphatic heterocycles. The first-order valence-corrected chi connectivity index (χ1v) is 13.4. The summed E-state index contributed by atoms with van der Waals surface area (Å²) in [7, 11) is 0. The molecule has 0 saturated carbocycles. The van der Waals surface area contributed by atoms with E-state index in [0.717, 1.165) is 26.6 Å². The maximum absolute atomic E-state index is 13.9. The molecule has 0 fully saturated rings. The molecule has 3 heterocycles. The van der Waals surface area contributed by atoms with Gasteiger partial charge in [0.25, 0.3) is 5.91 Å². The number of anilines is 1. The second-order valence-electron chi connectivity index (χ2n) is 8.83. The van der Waals surface area contributed by atoms with Crippen molar-refractivity contribution in [3.05, 3.63) is 88.9 Å². The average molecular weight is 503 g/mol. The van der Waals surface area contributed by atoms with E-state index in [0.29, 0.717) is 17.9 Å². The van der Waals surface area contributed by atoms with Gasteiger partial charge in [0.2, 0.25) is 5.91 Å². The monoisotopic (exact) mass is 502 g/mol. The fraction of sp³-hybridized carbons (Fsp3) is 0.222. The van der Waals surface area contributed by atoms with Crippen molar-refractivity contribution in [1.29, 1.82) is 0 Å². The molecule has 0 saturated heterocycles. The van der Waals surface area contributed by atoms with Gasteiger partial charge in [-0.3, -0.25) is 19.2 Å². The molecule has 2 aromatic heterocycles. The summed E-state index contributed by atoms with van der Waals surface area (Å²) in [5.41, 5.74) is 2.92. The molecule has 5 rings (SSSR count). The van der Waals surface area contributed by atoms with Crippen LogP contribution in [0.2, 0.25) is 0 Å². The summed E-state index contributed by atoms with van der Waals surface area (Å²) >= 11 is 3.17. The van der Waals surface area contributed by atoms with Crippen molar-refractivity contribution in [3.63, 3.8) is 0 Å². The van der Waals surface area contributed by atoms with Crippen LogP contribution in [-0.2, 0) is 17.9 Å². The van der Waals surface area contributed by atoms with E-state index in [4.69, 9.17) is 5.10 Å². The second kappa shape index (κ2) is 9.36. The van der Waals surface area contributed by atoms with E-state index < -0.39 is 5.54 Å². The summed E-state index contributed by atoms with van der Waals surface area (Å²) in [4.78, 5) is 31.3. The van der Waals surface area contributed by atoms with Crippen molar-refractivity contribution in [1.82, 2.24) is 15.1 Å².